The number of rotatable bonds is 65. The van der Waals surface area contributed by atoms with E-state index in [1.807, 2.05) is 0 Å². The van der Waals surface area contributed by atoms with Crippen molar-refractivity contribution in [3.63, 3.8) is 0 Å². The number of hydrogen-bond acceptors (Lipinski definition) is 15. The van der Waals surface area contributed by atoms with Crippen LogP contribution >= 0.6 is 15.6 Å². The van der Waals surface area contributed by atoms with Crippen molar-refractivity contribution < 1.29 is 80.2 Å². The van der Waals surface area contributed by atoms with Gasteiger partial charge in [-0.25, -0.2) is 9.13 Å². The first-order valence-electron chi connectivity index (χ1n) is 35.3. The summed E-state index contributed by atoms with van der Waals surface area (Å²) < 4.78 is 68.2. The molecule has 17 nitrogen and oxygen atoms in total. The molecule has 0 radical (unpaired) electrons. The van der Waals surface area contributed by atoms with Crippen LogP contribution in [0.3, 0.4) is 0 Å². The van der Waals surface area contributed by atoms with Crippen LogP contribution in [0.5, 0.6) is 0 Å². The predicted octanol–water partition coefficient (Wildman–Crippen LogP) is 18.9. The van der Waals surface area contributed by atoms with E-state index in [2.05, 4.69) is 55.4 Å². The lowest BCUT2D eigenvalue weighted by molar-refractivity contribution is -0.161. The Bertz CT molecular complexity index is 1730. The first-order chi connectivity index (χ1) is 41.7. The van der Waals surface area contributed by atoms with Gasteiger partial charge in [0, 0.05) is 25.7 Å². The van der Waals surface area contributed by atoms with Gasteiger partial charge in [-0.15, -0.1) is 0 Å². The van der Waals surface area contributed by atoms with Gasteiger partial charge in [-0.1, -0.05) is 280 Å². The quantitative estimate of drug-likeness (QED) is 0.0222. The lowest BCUT2D eigenvalue weighted by Crippen LogP contribution is -2.30. The minimum absolute atomic E-state index is 0.104. The van der Waals surface area contributed by atoms with Gasteiger partial charge < -0.3 is 33.8 Å². The number of phosphoric ester groups is 2. The van der Waals surface area contributed by atoms with Crippen LogP contribution < -0.4 is 0 Å². The fourth-order valence-corrected chi connectivity index (χ4v) is 11.7. The number of esters is 4. The summed E-state index contributed by atoms with van der Waals surface area (Å²) in [5.74, 6) is 0.861. The maximum absolute atomic E-state index is 13.0. The fraction of sp³-hybridized carbons (Fsp3) is 0.941. The van der Waals surface area contributed by atoms with Crippen molar-refractivity contribution in [2.75, 3.05) is 39.6 Å². The van der Waals surface area contributed by atoms with E-state index < -0.39 is 97.5 Å². The van der Waals surface area contributed by atoms with Gasteiger partial charge >= 0.3 is 39.5 Å². The molecule has 0 aromatic rings. The Morgan fingerprint density at radius 2 is 0.552 bits per heavy atom. The Hall–Kier alpha value is -1.94. The number of aliphatic hydroxyl groups is 1. The van der Waals surface area contributed by atoms with Gasteiger partial charge in [0.05, 0.1) is 26.4 Å². The van der Waals surface area contributed by atoms with Gasteiger partial charge in [0.15, 0.2) is 12.2 Å². The second kappa shape index (κ2) is 57.9. The zero-order valence-corrected chi connectivity index (χ0v) is 58.4. The van der Waals surface area contributed by atoms with Gasteiger partial charge in [0.2, 0.25) is 0 Å². The second-order valence-corrected chi connectivity index (χ2v) is 28.9. The lowest BCUT2D eigenvalue weighted by Gasteiger charge is -2.21. The van der Waals surface area contributed by atoms with E-state index in [1.54, 1.807) is 0 Å². The molecule has 0 spiro atoms. The molecule has 0 heterocycles. The summed E-state index contributed by atoms with van der Waals surface area (Å²) in [4.78, 5) is 72.4. The van der Waals surface area contributed by atoms with E-state index in [4.69, 9.17) is 37.0 Å². The highest BCUT2D eigenvalue weighted by Crippen LogP contribution is 2.45. The number of aliphatic hydroxyl groups excluding tert-OH is 1. The van der Waals surface area contributed by atoms with Crippen molar-refractivity contribution in [1.82, 2.24) is 0 Å². The molecule has 0 aliphatic heterocycles. The Balaban J connectivity index is 5.26. The molecule has 0 saturated carbocycles. The highest BCUT2D eigenvalue weighted by Gasteiger charge is 2.30. The molecule has 0 bridgehead atoms. The summed E-state index contributed by atoms with van der Waals surface area (Å²) in [6, 6.07) is 0. The van der Waals surface area contributed by atoms with E-state index in [0.717, 1.165) is 114 Å². The summed E-state index contributed by atoms with van der Waals surface area (Å²) in [5.41, 5.74) is 0. The predicted molar refractivity (Wildman–Crippen MR) is 349 cm³/mol. The van der Waals surface area contributed by atoms with Crippen LogP contribution in [0.15, 0.2) is 0 Å². The molecular weight excluding hydrogens is 1150 g/mol. The van der Waals surface area contributed by atoms with E-state index >= 15 is 0 Å². The molecule has 87 heavy (non-hydrogen) atoms. The molecule has 0 aromatic heterocycles. The fourth-order valence-electron chi connectivity index (χ4n) is 10.1. The summed E-state index contributed by atoms with van der Waals surface area (Å²) in [7, 11) is -9.90. The molecule has 0 aliphatic carbocycles. The molecule has 516 valence electrons. The molecule has 0 aromatic carbocycles. The monoisotopic (exact) mass is 1280 g/mol. The first kappa shape index (κ1) is 85.1. The van der Waals surface area contributed by atoms with E-state index in [1.165, 1.54) is 128 Å². The minimum Gasteiger partial charge on any atom is -0.462 e. The third-order valence-electron chi connectivity index (χ3n) is 16.3. The van der Waals surface area contributed by atoms with Gasteiger partial charge in [0.25, 0.3) is 0 Å². The molecule has 19 heteroatoms. The number of hydrogen-bond donors (Lipinski definition) is 3. The van der Waals surface area contributed by atoms with Gasteiger partial charge in [-0.2, -0.15) is 0 Å². The number of ether oxygens (including phenoxy) is 4. The SMILES string of the molecule is CCC(C)CCCCCCCCCCCCC(=O)O[C@H](COC(=O)CCCCCCCCC(C)C)COP(=O)(O)OC[C@H](O)COP(=O)(O)OC[C@@H](COC(=O)CCCCCCCCCCCC(C)C)OC(=O)CCCCCCCCCCC(C)CC. The minimum atomic E-state index is -4.95. The molecule has 0 aliphatic rings. The smallest absolute Gasteiger partial charge is 0.462 e. The van der Waals surface area contributed by atoms with Crippen molar-refractivity contribution in [1.29, 1.82) is 0 Å². The Morgan fingerprint density at radius 3 is 0.816 bits per heavy atom. The summed E-state index contributed by atoms with van der Waals surface area (Å²) in [6.45, 7) is 14.1. The first-order valence-corrected chi connectivity index (χ1v) is 38.3. The van der Waals surface area contributed by atoms with E-state index in [0.29, 0.717) is 31.6 Å². The van der Waals surface area contributed by atoms with Crippen LogP contribution in [-0.2, 0) is 65.4 Å². The number of phosphoric acid groups is 2. The zero-order valence-electron chi connectivity index (χ0n) is 56.6. The Kier molecular flexibility index (Phi) is 56.6. The van der Waals surface area contributed by atoms with Gasteiger partial charge in [0.1, 0.15) is 19.3 Å². The highest BCUT2D eigenvalue weighted by molar-refractivity contribution is 7.47. The maximum Gasteiger partial charge on any atom is 0.472 e. The average molecular weight is 1280 g/mol. The standard InChI is InChI=1S/C68H132O17P2/c1-9-60(7)46-38-30-21-15-11-12-16-24-34-42-50-67(72)84-64(55-79-66(71)49-41-33-27-26-29-37-45-59(5)6)57-83-87(76,77)81-53-62(69)52-80-86(74,75)82-56-63(85-68(73)51-43-35-25-19-18-22-31-39-47-61(8)10-2)54-78-65(70)48-40-32-23-17-13-14-20-28-36-44-58(3)4/h58-64,69H,9-57H2,1-8H3,(H,74,75)(H,76,77)/t60?,61?,62-,63-,64-/m1/s1. The third-order valence-corrected chi connectivity index (χ3v) is 18.2. The van der Waals surface area contributed by atoms with E-state index in [9.17, 15) is 43.2 Å². The summed E-state index contributed by atoms with van der Waals surface area (Å²) in [6.07, 6.45) is 38.9. The van der Waals surface area contributed by atoms with Crippen LogP contribution in [0.2, 0.25) is 0 Å². The lowest BCUT2D eigenvalue weighted by atomic mass is 9.99. The number of carbonyl (C=O) groups is 4. The largest absolute Gasteiger partial charge is 0.472 e. The molecule has 4 unspecified atom stereocenters. The molecule has 3 N–H and O–H groups in total. The van der Waals surface area contributed by atoms with Crippen LogP contribution in [0.25, 0.3) is 0 Å². The number of unbranched alkanes of at least 4 members (excludes halogenated alkanes) is 29. The van der Waals surface area contributed by atoms with Crippen LogP contribution in [0, 0.1) is 23.7 Å². The summed E-state index contributed by atoms with van der Waals surface area (Å²) in [5, 5.41) is 10.6. The maximum atomic E-state index is 13.0. The van der Waals surface area contributed by atoms with Gasteiger partial charge in [-0.05, 0) is 49.4 Å². The molecular formula is C68H132O17P2. The van der Waals surface area contributed by atoms with Crippen LogP contribution in [-0.4, -0.2) is 96.7 Å². The van der Waals surface area contributed by atoms with Crippen LogP contribution in [0.1, 0.15) is 331 Å². The Labute approximate surface area is 530 Å². The zero-order chi connectivity index (χ0) is 64.7. The molecule has 0 rings (SSSR count). The third kappa shape index (κ3) is 60.1. The summed E-state index contributed by atoms with van der Waals surface area (Å²) >= 11 is 0. The van der Waals surface area contributed by atoms with E-state index in [-0.39, 0.29) is 25.7 Å². The normalized spacial score (nSPS) is 15.0. The Morgan fingerprint density at radius 1 is 0.322 bits per heavy atom. The average Bonchev–Trinajstić information content (AvgIpc) is 3.51. The van der Waals surface area contributed by atoms with Crippen molar-refractivity contribution >= 4 is 39.5 Å². The topological polar surface area (TPSA) is 237 Å². The molecule has 0 fully saturated rings. The van der Waals surface area contributed by atoms with Gasteiger partial charge in [-0.3, -0.25) is 37.3 Å². The van der Waals surface area contributed by atoms with Crippen molar-refractivity contribution in [2.24, 2.45) is 23.7 Å². The van der Waals surface area contributed by atoms with Crippen molar-refractivity contribution in [2.45, 2.75) is 350 Å². The molecule has 0 amide bonds. The molecule has 7 atom stereocenters. The molecule has 0 saturated heterocycles. The highest BCUT2D eigenvalue weighted by atomic mass is 31.2. The number of carbonyl (C=O) groups excluding carboxylic acids is 4. The van der Waals surface area contributed by atoms with Crippen molar-refractivity contribution in [3.8, 4) is 0 Å². The van der Waals surface area contributed by atoms with Crippen molar-refractivity contribution in [3.05, 3.63) is 0 Å². The second-order valence-electron chi connectivity index (χ2n) is 26.0. The van der Waals surface area contributed by atoms with Crippen LogP contribution in [0.4, 0.5) is 0 Å².